The third-order valence-corrected chi connectivity index (χ3v) is 2.53. The molecule has 1 aromatic heterocycles. The number of nitrogens with zero attached hydrogens (tertiary/aromatic N) is 2. The molecule has 2 aromatic rings. The Labute approximate surface area is 99.2 Å². The zero-order valence-electron chi connectivity index (χ0n) is 9.37. The Bertz CT molecular complexity index is 526. The van der Waals surface area contributed by atoms with Crippen LogP contribution in [0.1, 0.15) is 10.4 Å². The first-order chi connectivity index (χ1) is 8.18. The number of benzene rings is 1. The summed E-state index contributed by atoms with van der Waals surface area (Å²) in [6.07, 6.45) is 3.40. The van der Waals surface area contributed by atoms with Crippen molar-refractivity contribution in [3.8, 4) is 0 Å². The summed E-state index contributed by atoms with van der Waals surface area (Å²) in [5.74, 6) is -0.921. The van der Waals surface area contributed by atoms with Gasteiger partial charge in [0.1, 0.15) is 0 Å². The number of aromatic nitrogens is 1. The van der Waals surface area contributed by atoms with Crippen LogP contribution in [0, 0.1) is 0 Å². The minimum absolute atomic E-state index is 0.281. The van der Waals surface area contributed by atoms with Gasteiger partial charge in [0.05, 0.1) is 5.56 Å². The van der Waals surface area contributed by atoms with E-state index in [1.807, 2.05) is 30.1 Å². The fourth-order valence-electron chi connectivity index (χ4n) is 1.56. The molecule has 0 fully saturated rings. The van der Waals surface area contributed by atoms with Crippen molar-refractivity contribution in [2.45, 2.75) is 0 Å². The summed E-state index contributed by atoms with van der Waals surface area (Å²) >= 11 is 0. The van der Waals surface area contributed by atoms with Crippen molar-refractivity contribution in [3.63, 3.8) is 0 Å². The Balaban J connectivity index is 2.34. The van der Waals surface area contributed by atoms with Crippen molar-refractivity contribution in [2.75, 3.05) is 11.9 Å². The Morgan fingerprint density at radius 3 is 2.53 bits per heavy atom. The van der Waals surface area contributed by atoms with Crippen LogP contribution in [0.2, 0.25) is 0 Å². The standard InChI is InChI=1S/C13H12N2O2/c1-15(11-5-7-14-8-6-11)12-4-2-3-10(9-12)13(16)17/h2-9H,1H3,(H,16,17). The highest BCUT2D eigenvalue weighted by molar-refractivity contribution is 5.89. The molecule has 0 atom stereocenters. The van der Waals surface area contributed by atoms with E-state index < -0.39 is 5.97 Å². The quantitative estimate of drug-likeness (QED) is 0.877. The van der Waals surface area contributed by atoms with Crippen LogP contribution in [-0.2, 0) is 0 Å². The lowest BCUT2D eigenvalue weighted by Gasteiger charge is -2.19. The summed E-state index contributed by atoms with van der Waals surface area (Å²) in [7, 11) is 1.89. The van der Waals surface area contributed by atoms with Gasteiger partial charge in [0.2, 0.25) is 0 Å². The van der Waals surface area contributed by atoms with Gasteiger partial charge in [0.15, 0.2) is 0 Å². The third kappa shape index (κ3) is 2.42. The van der Waals surface area contributed by atoms with Crippen molar-refractivity contribution in [1.29, 1.82) is 0 Å². The maximum Gasteiger partial charge on any atom is 0.335 e. The fraction of sp³-hybridized carbons (Fsp3) is 0.0769. The Morgan fingerprint density at radius 2 is 1.88 bits per heavy atom. The second kappa shape index (κ2) is 4.65. The summed E-state index contributed by atoms with van der Waals surface area (Å²) in [6.45, 7) is 0. The molecule has 1 N–H and O–H groups in total. The lowest BCUT2D eigenvalue weighted by molar-refractivity contribution is 0.0697. The van der Waals surface area contributed by atoms with Gasteiger partial charge in [-0.2, -0.15) is 0 Å². The molecule has 0 aliphatic rings. The first-order valence-corrected chi connectivity index (χ1v) is 5.15. The molecule has 0 aliphatic carbocycles. The average Bonchev–Trinajstić information content (AvgIpc) is 2.39. The molecule has 0 saturated carbocycles. The largest absolute Gasteiger partial charge is 0.478 e. The number of pyridine rings is 1. The predicted molar refractivity (Wildman–Crippen MR) is 65.7 cm³/mol. The van der Waals surface area contributed by atoms with Crippen molar-refractivity contribution in [1.82, 2.24) is 4.98 Å². The van der Waals surface area contributed by atoms with Crippen LogP contribution in [0.4, 0.5) is 11.4 Å². The average molecular weight is 228 g/mol. The number of anilines is 2. The van der Waals surface area contributed by atoms with Crippen LogP contribution < -0.4 is 4.90 Å². The number of carboxylic acids is 1. The summed E-state index contributed by atoms with van der Waals surface area (Å²) < 4.78 is 0. The SMILES string of the molecule is CN(c1ccncc1)c1cccc(C(=O)O)c1. The topological polar surface area (TPSA) is 53.4 Å². The second-order valence-electron chi connectivity index (χ2n) is 3.62. The summed E-state index contributed by atoms with van der Waals surface area (Å²) in [6, 6.07) is 10.6. The van der Waals surface area contributed by atoms with Gasteiger partial charge in [0, 0.05) is 30.8 Å². The van der Waals surface area contributed by atoms with Crippen molar-refractivity contribution < 1.29 is 9.90 Å². The molecule has 0 amide bonds. The fourth-order valence-corrected chi connectivity index (χ4v) is 1.56. The van der Waals surface area contributed by atoms with E-state index in [9.17, 15) is 4.79 Å². The van der Waals surface area contributed by atoms with E-state index in [4.69, 9.17) is 5.11 Å². The molecule has 17 heavy (non-hydrogen) atoms. The van der Waals surface area contributed by atoms with E-state index in [1.54, 1.807) is 30.6 Å². The molecule has 0 aliphatic heterocycles. The highest BCUT2D eigenvalue weighted by atomic mass is 16.4. The number of hydrogen-bond donors (Lipinski definition) is 1. The maximum atomic E-state index is 10.9. The summed E-state index contributed by atoms with van der Waals surface area (Å²) in [5.41, 5.74) is 2.07. The van der Waals surface area contributed by atoms with E-state index in [0.717, 1.165) is 11.4 Å². The van der Waals surface area contributed by atoms with E-state index in [2.05, 4.69) is 4.98 Å². The summed E-state index contributed by atoms with van der Waals surface area (Å²) in [5, 5.41) is 8.93. The van der Waals surface area contributed by atoms with Crippen LogP contribution in [-0.4, -0.2) is 23.1 Å². The molecule has 1 heterocycles. The van der Waals surface area contributed by atoms with E-state index in [1.165, 1.54) is 0 Å². The monoisotopic (exact) mass is 228 g/mol. The Morgan fingerprint density at radius 1 is 1.18 bits per heavy atom. The number of hydrogen-bond acceptors (Lipinski definition) is 3. The summed E-state index contributed by atoms with van der Waals surface area (Å²) in [4.78, 5) is 16.7. The van der Waals surface area contributed by atoms with Gasteiger partial charge in [-0.15, -0.1) is 0 Å². The van der Waals surface area contributed by atoms with Crippen LogP contribution in [0.3, 0.4) is 0 Å². The van der Waals surface area contributed by atoms with Crippen LogP contribution in [0.25, 0.3) is 0 Å². The van der Waals surface area contributed by atoms with Gasteiger partial charge >= 0.3 is 5.97 Å². The molecule has 86 valence electrons. The van der Waals surface area contributed by atoms with Crippen molar-refractivity contribution in [3.05, 3.63) is 54.4 Å². The lowest BCUT2D eigenvalue weighted by atomic mass is 10.2. The molecule has 0 saturated heterocycles. The van der Waals surface area contributed by atoms with Crippen molar-refractivity contribution >= 4 is 17.3 Å². The predicted octanol–water partition coefficient (Wildman–Crippen LogP) is 2.55. The van der Waals surface area contributed by atoms with Gasteiger partial charge in [-0.05, 0) is 30.3 Å². The number of carboxylic acid groups (broad SMARTS) is 1. The molecule has 4 heteroatoms. The highest BCUT2D eigenvalue weighted by Crippen LogP contribution is 2.23. The van der Waals surface area contributed by atoms with E-state index in [-0.39, 0.29) is 5.56 Å². The van der Waals surface area contributed by atoms with Crippen molar-refractivity contribution in [2.24, 2.45) is 0 Å². The third-order valence-electron chi connectivity index (χ3n) is 2.53. The van der Waals surface area contributed by atoms with Gasteiger partial charge in [-0.3, -0.25) is 4.98 Å². The van der Waals surface area contributed by atoms with Gasteiger partial charge in [-0.25, -0.2) is 4.79 Å². The van der Waals surface area contributed by atoms with Gasteiger partial charge in [0.25, 0.3) is 0 Å². The second-order valence-corrected chi connectivity index (χ2v) is 3.62. The molecule has 0 spiro atoms. The molecular formula is C13H12N2O2. The zero-order chi connectivity index (χ0) is 12.3. The lowest BCUT2D eigenvalue weighted by Crippen LogP contribution is -2.10. The smallest absolute Gasteiger partial charge is 0.335 e. The Hall–Kier alpha value is -2.36. The maximum absolute atomic E-state index is 10.9. The van der Waals surface area contributed by atoms with Crippen LogP contribution in [0.15, 0.2) is 48.8 Å². The van der Waals surface area contributed by atoms with Gasteiger partial charge < -0.3 is 10.0 Å². The molecule has 2 rings (SSSR count). The minimum Gasteiger partial charge on any atom is -0.478 e. The molecule has 0 unspecified atom stereocenters. The first kappa shape index (κ1) is 11.1. The normalized spacial score (nSPS) is 9.94. The molecular weight excluding hydrogens is 216 g/mol. The molecule has 4 nitrogen and oxygen atoms in total. The highest BCUT2D eigenvalue weighted by Gasteiger charge is 2.07. The molecule has 0 radical (unpaired) electrons. The van der Waals surface area contributed by atoms with Crippen LogP contribution >= 0.6 is 0 Å². The van der Waals surface area contributed by atoms with E-state index in [0.29, 0.717) is 0 Å². The first-order valence-electron chi connectivity index (χ1n) is 5.15. The molecule has 0 bridgehead atoms. The zero-order valence-corrected chi connectivity index (χ0v) is 9.37. The van der Waals surface area contributed by atoms with Crippen LogP contribution in [0.5, 0.6) is 0 Å². The van der Waals surface area contributed by atoms with E-state index >= 15 is 0 Å². The minimum atomic E-state index is -0.921. The van der Waals surface area contributed by atoms with Gasteiger partial charge in [-0.1, -0.05) is 6.07 Å². The number of rotatable bonds is 3. The number of carbonyl (C=O) groups is 1. The number of aromatic carboxylic acids is 1. The molecule has 1 aromatic carbocycles. The Kier molecular flexibility index (Phi) is 3.05.